The minimum Gasteiger partial charge on any atom is -0.205 e. The van der Waals surface area contributed by atoms with Gasteiger partial charge in [-0.25, -0.2) is 8.78 Å². The first-order valence-electron chi connectivity index (χ1n) is 7.15. The van der Waals surface area contributed by atoms with Crippen molar-refractivity contribution in [3.63, 3.8) is 0 Å². The van der Waals surface area contributed by atoms with Crippen molar-refractivity contribution >= 4 is 0 Å². The van der Waals surface area contributed by atoms with Gasteiger partial charge < -0.3 is 0 Å². The number of nitriles is 1. The Morgan fingerprint density at radius 2 is 1.80 bits per heavy atom. The molecular weight excluding hydrogens is 256 g/mol. The average Bonchev–Trinajstić information content (AvgIpc) is 2.45. The number of halogens is 2. The molecule has 0 saturated heterocycles. The normalized spacial score (nSPS) is 22.2. The molecule has 0 radical (unpaired) electrons. The zero-order valence-corrected chi connectivity index (χ0v) is 11.5. The van der Waals surface area contributed by atoms with E-state index in [-0.39, 0.29) is 5.92 Å². The van der Waals surface area contributed by atoms with Gasteiger partial charge in [0.2, 0.25) is 0 Å². The summed E-state index contributed by atoms with van der Waals surface area (Å²) in [6, 6.07) is 4.22. The van der Waals surface area contributed by atoms with E-state index in [2.05, 4.69) is 6.58 Å². The summed E-state index contributed by atoms with van der Waals surface area (Å²) >= 11 is 0. The molecule has 106 valence electrons. The highest BCUT2D eigenvalue weighted by atomic mass is 19.1. The molecule has 0 atom stereocenters. The molecule has 0 N–H and O–H groups in total. The maximum Gasteiger partial charge on any atom is 0.144 e. The number of allylic oxidation sites excluding steroid dienone is 1. The van der Waals surface area contributed by atoms with Gasteiger partial charge in [0, 0.05) is 0 Å². The highest BCUT2D eigenvalue weighted by molar-refractivity contribution is 5.36. The molecular formula is C17H19F2N. The van der Waals surface area contributed by atoms with Gasteiger partial charge in [0.05, 0.1) is 0 Å². The molecule has 1 aliphatic carbocycles. The van der Waals surface area contributed by atoms with Gasteiger partial charge in [-0.15, -0.1) is 6.58 Å². The lowest BCUT2D eigenvalue weighted by molar-refractivity contribution is 0.311. The smallest absolute Gasteiger partial charge is 0.144 e. The van der Waals surface area contributed by atoms with E-state index < -0.39 is 17.2 Å². The van der Waals surface area contributed by atoms with Crippen molar-refractivity contribution in [2.75, 3.05) is 0 Å². The molecule has 3 heteroatoms. The summed E-state index contributed by atoms with van der Waals surface area (Å²) in [6.07, 6.45) is 8.27. The van der Waals surface area contributed by atoms with Gasteiger partial charge in [0.1, 0.15) is 23.3 Å². The fourth-order valence-corrected chi connectivity index (χ4v) is 3.07. The molecule has 0 aromatic heterocycles. The van der Waals surface area contributed by atoms with Crippen molar-refractivity contribution in [2.24, 2.45) is 5.92 Å². The Kier molecular flexibility index (Phi) is 4.89. The van der Waals surface area contributed by atoms with E-state index in [1.807, 2.05) is 6.08 Å². The van der Waals surface area contributed by atoms with E-state index in [1.165, 1.54) is 12.1 Å². The summed E-state index contributed by atoms with van der Waals surface area (Å²) in [4.78, 5) is 0. The molecule has 1 aromatic rings. The van der Waals surface area contributed by atoms with Crippen molar-refractivity contribution in [1.29, 1.82) is 5.26 Å². The molecule has 0 bridgehead atoms. The van der Waals surface area contributed by atoms with Gasteiger partial charge in [0.25, 0.3) is 0 Å². The standard InChI is InChI=1S/C17H19F2N/c1-2-3-4-12-5-7-13(8-6-12)14-9-16(18)15(11-20)17(19)10-14/h2,9-10,12-13H,1,3-8H2. The summed E-state index contributed by atoms with van der Waals surface area (Å²) in [5.74, 6) is -0.559. The molecule has 0 aliphatic heterocycles. The van der Waals surface area contributed by atoms with Crippen LogP contribution in [0.4, 0.5) is 8.78 Å². The SMILES string of the molecule is C=CCCC1CCC(c2cc(F)c(C#N)c(F)c2)CC1. The number of rotatable bonds is 4. The van der Waals surface area contributed by atoms with Crippen molar-refractivity contribution in [3.8, 4) is 6.07 Å². The topological polar surface area (TPSA) is 23.8 Å². The van der Waals surface area contributed by atoms with E-state index in [0.717, 1.165) is 38.5 Å². The van der Waals surface area contributed by atoms with Crippen LogP contribution < -0.4 is 0 Å². The van der Waals surface area contributed by atoms with Crippen LogP contribution in [0, 0.1) is 28.9 Å². The first-order chi connectivity index (χ1) is 9.65. The van der Waals surface area contributed by atoms with Gasteiger partial charge in [-0.05, 0) is 68.1 Å². The Morgan fingerprint density at radius 3 is 2.30 bits per heavy atom. The monoisotopic (exact) mass is 275 g/mol. The zero-order chi connectivity index (χ0) is 14.5. The summed E-state index contributed by atoms with van der Waals surface area (Å²) in [6.45, 7) is 3.73. The number of hydrogen-bond acceptors (Lipinski definition) is 1. The third kappa shape index (κ3) is 3.25. The molecule has 0 amide bonds. The van der Waals surface area contributed by atoms with Gasteiger partial charge >= 0.3 is 0 Å². The fraction of sp³-hybridized carbons (Fsp3) is 0.471. The number of nitrogens with zero attached hydrogens (tertiary/aromatic N) is 1. The molecule has 2 rings (SSSR count). The molecule has 0 unspecified atom stereocenters. The van der Waals surface area contributed by atoms with E-state index in [0.29, 0.717) is 11.5 Å². The quantitative estimate of drug-likeness (QED) is 0.703. The number of hydrogen-bond donors (Lipinski definition) is 0. The predicted molar refractivity (Wildman–Crippen MR) is 75.2 cm³/mol. The number of benzene rings is 1. The Hall–Kier alpha value is -1.69. The van der Waals surface area contributed by atoms with Crippen molar-refractivity contribution < 1.29 is 8.78 Å². The molecule has 0 spiro atoms. The second kappa shape index (κ2) is 6.65. The first-order valence-corrected chi connectivity index (χ1v) is 7.15. The van der Waals surface area contributed by atoms with Crippen LogP contribution in [-0.4, -0.2) is 0 Å². The third-order valence-corrected chi connectivity index (χ3v) is 4.27. The average molecular weight is 275 g/mol. The van der Waals surface area contributed by atoms with E-state index in [9.17, 15) is 8.78 Å². The Morgan fingerprint density at radius 1 is 1.20 bits per heavy atom. The minimum atomic E-state index is -0.740. The molecule has 1 saturated carbocycles. The molecule has 1 aliphatic rings. The highest BCUT2D eigenvalue weighted by Crippen LogP contribution is 2.38. The maximum atomic E-state index is 13.6. The predicted octanol–water partition coefficient (Wildman–Crippen LogP) is 5.08. The van der Waals surface area contributed by atoms with Crippen LogP contribution in [0.3, 0.4) is 0 Å². The Labute approximate surface area is 118 Å². The second-order valence-electron chi connectivity index (χ2n) is 5.56. The van der Waals surface area contributed by atoms with Crippen LogP contribution in [-0.2, 0) is 0 Å². The molecule has 1 aromatic carbocycles. The molecule has 20 heavy (non-hydrogen) atoms. The largest absolute Gasteiger partial charge is 0.205 e. The van der Waals surface area contributed by atoms with Crippen LogP contribution in [0.1, 0.15) is 55.6 Å². The summed E-state index contributed by atoms with van der Waals surface area (Å²) in [5, 5.41) is 8.68. The van der Waals surface area contributed by atoms with Crippen LogP contribution in [0.5, 0.6) is 0 Å². The van der Waals surface area contributed by atoms with Crippen LogP contribution in [0.25, 0.3) is 0 Å². The highest BCUT2D eigenvalue weighted by Gasteiger charge is 2.23. The van der Waals surface area contributed by atoms with Crippen LogP contribution in [0.15, 0.2) is 24.8 Å². The van der Waals surface area contributed by atoms with Gasteiger partial charge in [-0.1, -0.05) is 6.08 Å². The second-order valence-corrected chi connectivity index (χ2v) is 5.56. The van der Waals surface area contributed by atoms with Crippen molar-refractivity contribution in [2.45, 2.75) is 44.4 Å². The zero-order valence-electron chi connectivity index (χ0n) is 11.5. The van der Waals surface area contributed by atoms with E-state index in [1.54, 1.807) is 6.07 Å². The van der Waals surface area contributed by atoms with Gasteiger partial charge in [-0.3, -0.25) is 0 Å². The third-order valence-electron chi connectivity index (χ3n) is 4.27. The molecule has 1 nitrogen and oxygen atoms in total. The molecule has 1 fully saturated rings. The van der Waals surface area contributed by atoms with Crippen LogP contribution in [0.2, 0.25) is 0 Å². The van der Waals surface area contributed by atoms with Crippen molar-refractivity contribution in [1.82, 2.24) is 0 Å². The maximum absolute atomic E-state index is 13.6. The fourth-order valence-electron chi connectivity index (χ4n) is 3.07. The van der Waals surface area contributed by atoms with Gasteiger partial charge in [0.15, 0.2) is 0 Å². The summed E-state index contributed by atoms with van der Waals surface area (Å²) < 4.78 is 27.3. The lowest BCUT2D eigenvalue weighted by atomic mass is 9.77. The lowest BCUT2D eigenvalue weighted by Gasteiger charge is -2.28. The van der Waals surface area contributed by atoms with Crippen LogP contribution >= 0.6 is 0 Å². The first kappa shape index (κ1) is 14.7. The Bertz CT molecular complexity index is 499. The Balaban J connectivity index is 2.04. The summed E-state index contributed by atoms with van der Waals surface area (Å²) in [5.41, 5.74) is 0.217. The minimum absolute atomic E-state index is 0.215. The van der Waals surface area contributed by atoms with Gasteiger partial charge in [-0.2, -0.15) is 5.26 Å². The van der Waals surface area contributed by atoms with Crippen molar-refractivity contribution in [3.05, 3.63) is 47.5 Å². The summed E-state index contributed by atoms with van der Waals surface area (Å²) in [7, 11) is 0. The lowest BCUT2D eigenvalue weighted by Crippen LogP contribution is -2.14. The molecule has 0 heterocycles. The van der Waals surface area contributed by atoms with E-state index >= 15 is 0 Å². The van der Waals surface area contributed by atoms with E-state index in [4.69, 9.17) is 5.26 Å².